The molecule has 130 valence electrons. The molecule has 25 heavy (non-hydrogen) atoms. The Morgan fingerprint density at radius 2 is 1.80 bits per heavy atom. The first kappa shape index (κ1) is 17.8. The Hall–Kier alpha value is -2.01. The highest BCUT2D eigenvalue weighted by atomic mass is 79.9. The molecule has 0 spiro atoms. The number of rotatable bonds is 5. The van der Waals surface area contributed by atoms with Crippen molar-refractivity contribution in [1.82, 2.24) is 0 Å². The Balaban J connectivity index is 1.75. The molecule has 2 aromatic rings. The first-order valence-corrected chi connectivity index (χ1v) is 9.03. The predicted octanol–water partition coefficient (Wildman–Crippen LogP) is 4.83. The summed E-state index contributed by atoms with van der Waals surface area (Å²) < 4.78 is 19.8. The lowest BCUT2D eigenvalue weighted by Gasteiger charge is -2.27. The Bertz CT molecular complexity index is 797. The van der Waals surface area contributed by atoms with Gasteiger partial charge in [0, 0.05) is 10.0 Å². The van der Waals surface area contributed by atoms with E-state index in [4.69, 9.17) is 4.74 Å². The van der Waals surface area contributed by atoms with Gasteiger partial charge in [-0.1, -0.05) is 53.0 Å². The average Bonchev–Trinajstić information content (AvgIpc) is 3.10. The summed E-state index contributed by atoms with van der Waals surface area (Å²) in [6.07, 6.45) is 2.98. The summed E-state index contributed by atoms with van der Waals surface area (Å²) in [6.45, 7) is -0.313. The monoisotopic (exact) mass is 404 g/mol. The second-order valence-electron chi connectivity index (χ2n) is 6.31. The number of ketones is 1. The van der Waals surface area contributed by atoms with Crippen molar-refractivity contribution in [2.75, 3.05) is 6.61 Å². The minimum Gasteiger partial charge on any atom is -0.457 e. The van der Waals surface area contributed by atoms with Gasteiger partial charge in [-0.05, 0) is 42.7 Å². The van der Waals surface area contributed by atoms with Crippen LogP contribution in [-0.4, -0.2) is 18.4 Å². The highest BCUT2D eigenvalue weighted by molar-refractivity contribution is 9.10. The average molecular weight is 405 g/mol. The fourth-order valence-electron chi connectivity index (χ4n) is 3.39. The van der Waals surface area contributed by atoms with Gasteiger partial charge in [0.15, 0.2) is 12.4 Å². The Labute approximate surface area is 154 Å². The fourth-order valence-corrected chi connectivity index (χ4v) is 3.79. The molecule has 0 aliphatic heterocycles. The molecule has 0 saturated heterocycles. The molecule has 0 unspecified atom stereocenters. The second kappa shape index (κ2) is 7.48. The van der Waals surface area contributed by atoms with E-state index in [0.717, 1.165) is 17.3 Å². The SMILES string of the molecule is O=C(COC(=O)C1(c2cccc(F)c2)CCCC1)c1cccc(Br)c1. The Morgan fingerprint density at radius 1 is 1.08 bits per heavy atom. The van der Waals surface area contributed by atoms with Gasteiger partial charge in [-0.2, -0.15) is 0 Å². The third-order valence-corrected chi connectivity index (χ3v) is 5.20. The predicted molar refractivity (Wildman–Crippen MR) is 96.0 cm³/mol. The van der Waals surface area contributed by atoms with Crippen molar-refractivity contribution in [3.63, 3.8) is 0 Å². The molecule has 3 rings (SSSR count). The summed E-state index contributed by atoms with van der Waals surface area (Å²) in [7, 11) is 0. The van der Waals surface area contributed by atoms with E-state index >= 15 is 0 Å². The van der Waals surface area contributed by atoms with Gasteiger partial charge in [0.05, 0.1) is 5.41 Å². The second-order valence-corrected chi connectivity index (χ2v) is 7.22. The number of halogens is 2. The van der Waals surface area contributed by atoms with Crippen LogP contribution in [0.4, 0.5) is 4.39 Å². The van der Waals surface area contributed by atoms with Crippen LogP contribution in [-0.2, 0) is 14.9 Å². The molecule has 1 fully saturated rings. The lowest BCUT2D eigenvalue weighted by Crippen LogP contribution is -2.36. The molecule has 0 heterocycles. The summed E-state index contributed by atoms with van der Waals surface area (Å²) in [4.78, 5) is 25.0. The van der Waals surface area contributed by atoms with Crippen molar-refractivity contribution in [3.05, 3.63) is 69.9 Å². The molecule has 0 radical (unpaired) electrons. The summed E-state index contributed by atoms with van der Waals surface area (Å²) >= 11 is 3.31. The van der Waals surface area contributed by atoms with Crippen molar-refractivity contribution in [1.29, 1.82) is 0 Å². The molecule has 0 amide bonds. The van der Waals surface area contributed by atoms with E-state index < -0.39 is 11.4 Å². The smallest absolute Gasteiger partial charge is 0.317 e. The van der Waals surface area contributed by atoms with Gasteiger partial charge < -0.3 is 4.74 Å². The van der Waals surface area contributed by atoms with Crippen molar-refractivity contribution in [2.24, 2.45) is 0 Å². The topological polar surface area (TPSA) is 43.4 Å². The van der Waals surface area contributed by atoms with E-state index in [1.165, 1.54) is 12.1 Å². The van der Waals surface area contributed by atoms with Crippen molar-refractivity contribution < 1.29 is 18.7 Å². The van der Waals surface area contributed by atoms with Gasteiger partial charge in [0.25, 0.3) is 0 Å². The van der Waals surface area contributed by atoms with Crippen LogP contribution in [0.5, 0.6) is 0 Å². The van der Waals surface area contributed by atoms with Crippen LogP contribution < -0.4 is 0 Å². The minimum absolute atomic E-state index is 0.262. The van der Waals surface area contributed by atoms with Crippen LogP contribution in [0.1, 0.15) is 41.6 Å². The zero-order valence-corrected chi connectivity index (χ0v) is 15.2. The first-order valence-electron chi connectivity index (χ1n) is 8.23. The molecule has 0 atom stereocenters. The number of hydrogen-bond acceptors (Lipinski definition) is 3. The van der Waals surface area contributed by atoms with Crippen LogP contribution in [0.15, 0.2) is 53.0 Å². The lowest BCUT2D eigenvalue weighted by atomic mass is 9.79. The third kappa shape index (κ3) is 3.82. The van der Waals surface area contributed by atoms with E-state index in [9.17, 15) is 14.0 Å². The molecule has 3 nitrogen and oxygen atoms in total. The van der Waals surface area contributed by atoms with E-state index in [2.05, 4.69) is 15.9 Å². The van der Waals surface area contributed by atoms with Crippen LogP contribution >= 0.6 is 15.9 Å². The molecule has 5 heteroatoms. The van der Waals surface area contributed by atoms with Crippen LogP contribution in [0, 0.1) is 5.82 Å². The standard InChI is InChI=1S/C20H18BrFO3/c21-16-7-3-5-14(11-16)18(23)13-25-19(24)20(9-1-2-10-20)15-6-4-8-17(22)12-15/h3-8,11-12H,1-2,9-10,13H2. The number of ether oxygens (including phenoxy) is 1. The summed E-state index contributed by atoms with van der Waals surface area (Å²) in [5.41, 5.74) is 0.262. The molecule has 1 aliphatic carbocycles. The first-order chi connectivity index (χ1) is 12.0. The number of carbonyl (C=O) groups excluding carboxylic acids is 2. The van der Waals surface area contributed by atoms with E-state index in [1.54, 1.807) is 30.3 Å². The molecule has 0 bridgehead atoms. The van der Waals surface area contributed by atoms with Gasteiger partial charge in [-0.3, -0.25) is 9.59 Å². The molecule has 0 N–H and O–H groups in total. The third-order valence-electron chi connectivity index (χ3n) is 4.71. The van der Waals surface area contributed by atoms with Crippen molar-refractivity contribution in [2.45, 2.75) is 31.1 Å². The fraction of sp³-hybridized carbons (Fsp3) is 0.300. The van der Waals surface area contributed by atoms with Crippen molar-refractivity contribution in [3.8, 4) is 0 Å². The molecular weight excluding hydrogens is 387 g/mol. The van der Waals surface area contributed by atoms with Gasteiger partial charge in [0.2, 0.25) is 0 Å². The number of carbonyl (C=O) groups is 2. The maximum atomic E-state index is 13.6. The molecule has 1 saturated carbocycles. The van der Waals surface area contributed by atoms with Gasteiger partial charge in [-0.25, -0.2) is 4.39 Å². The highest BCUT2D eigenvalue weighted by Crippen LogP contribution is 2.42. The van der Waals surface area contributed by atoms with Gasteiger partial charge in [0.1, 0.15) is 5.82 Å². The maximum absolute atomic E-state index is 13.6. The van der Waals surface area contributed by atoms with E-state index in [1.807, 2.05) is 6.07 Å². The van der Waals surface area contributed by atoms with E-state index in [0.29, 0.717) is 24.0 Å². The minimum atomic E-state index is -0.848. The van der Waals surface area contributed by atoms with Crippen LogP contribution in [0.3, 0.4) is 0 Å². The lowest BCUT2D eigenvalue weighted by molar-refractivity contribution is -0.149. The summed E-state index contributed by atoms with van der Waals surface area (Å²) in [5, 5.41) is 0. The largest absolute Gasteiger partial charge is 0.457 e. The zero-order chi connectivity index (χ0) is 17.9. The zero-order valence-electron chi connectivity index (χ0n) is 13.6. The molecule has 2 aromatic carbocycles. The van der Waals surface area contributed by atoms with Crippen molar-refractivity contribution >= 4 is 27.7 Å². The number of benzene rings is 2. The number of hydrogen-bond donors (Lipinski definition) is 0. The molecule has 0 aromatic heterocycles. The Kier molecular flexibility index (Phi) is 5.33. The highest BCUT2D eigenvalue weighted by Gasteiger charge is 2.44. The number of Topliss-reactive ketones (excluding diaryl/α,β-unsaturated/α-hetero) is 1. The van der Waals surface area contributed by atoms with Gasteiger partial charge >= 0.3 is 5.97 Å². The maximum Gasteiger partial charge on any atom is 0.317 e. The quantitative estimate of drug-likeness (QED) is 0.529. The Morgan fingerprint density at radius 3 is 2.48 bits per heavy atom. The summed E-state index contributed by atoms with van der Waals surface area (Å²) in [5.74, 6) is -1.08. The van der Waals surface area contributed by atoms with E-state index in [-0.39, 0.29) is 18.2 Å². The summed E-state index contributed by atoms with van der Waals surface area (Å²) in [6, 6.07) is 13.0. The molecular formula is C20H18BrFO3. The molecule has 1 aliphatic rings. The van der Waals surface area contributed by atoms with Crippen LogP contribution in [0.2, 0.25) is 0 Å². The number of esters is 1. The van der Waals surface area contributed by atoms with Gasteiger partial charge in [-0.15, -0.1) is 0 Å². The van der Waals surface area contributed by atoms with Crippen LogP contribution in [0.25, 0.3) is 0 Å². The normalized spacial score (nSPS) is 15.8.